The number of carbonyl (C=O) groups is 1. The number of anilines is 2. The molecule has 7 N–H and O–H groups in total. The van der Waals surface area contributed by atoms with Crippen LogP contribution in [0, 0.1) is 5.92 Å². The Bertz CT molecular complexity index is 1020. The molecule has 1 aromatic heterocycles. The van der Waals surface area contributed by atoms with Crippen LogP contribution in [-0.2, 0) is 17.9 Å². The minimum Gasteiger partial charge on any atom is -0.365 e. The normalized spacial score (nSPS) is 13.3. The third kappa shape index (κ3) is 7.74. The quantitative estimate of drug-likeness (QED) is 0.0926. The van der Waals surface area contributed by atoms with Crippen molar-refractivity contribution in [3.8, 4) is 0 Å². The molecule has 1 saturated carbocycles. The number of hydrazine groups is 1. The second-order valence-corrected chi connectivity index (χ2v) is 8.29. The van der Waals surface area contributed by atoms with Gasteiger partial charge >= 0.3 is 0 Å². The molecule has 0 saturated heterocycles. The Labute approximate surface area is 197 Å². The number of carbonyl (C=O) groups excluding carboxylic acids is 1. The van der Waals surface area contributed by atoms with E-state index in [1.807, 2.05) is 0 Å². The standard InChI is InChI=1S/C21H30ClN9O2/c22-17-4-5-18(31(24)14-29-23)16(10-17)12-28-19(32)13-30-9-8-27-20(21(30)33)26-7-1-6-25-11-15-2-3-15/h4-5,8-10,14-15,25H,1-3,6-7,11-13,23-24H2,(H,26,27)(H,28,32)/b29-14-. The van der Waals surface area contributed by atoms with E-state index in [0.717, 1.165) is 25.4 Å². The number of nitrogens with one attached hydrogen (secondary N) is 3. The van der Waals surface area contributed by atoms with Crippen molar-refractivity contribution >= 4 is 35.4 Å². The molecular formula is C21H30ClN9O2. The molecule has 1 fully saturated rings. The fourth-order valence-corrected chi connectivity index (χ4v) is 3.42. The third-order valence-electron chi connectivity index (χ3n) is 5.17. The molecule has 1 heterocycles. The van der Waals surface area contributed by atoms with Crippen molar-refractivity contribution < 1.29 is 4.79 Å². The second-order valence-electron chi connectivity index (χ2n) is 7.86. The van der Waals surface area contributed by atoms with Crippen LogP contribution in [0.1, 0.15) is 24.8 Å². The van der Waals surface area contributed by atoms with Gasteiger partial charge in [0.25, 0.3) is 5.56 Å². The molecule has 1 aromatic carbocycles. The molecule has 2 aromatic rings. The summed E-state index contributed by atoms with van der Waals surface area (Å²) < 4.78 is 1.31. The molecule has 1 aliphatic carbocycles. The van der Waals surface area contributed by atoms with Crippen LogP contribution in [0.3, 0.4) is 0 Å². The van der Waals surface area contributed by atoms with Crippen LogP contribution in [0.5, 0.6) is 0 Å². The molecule has 178 valence electrons. The number of halogens is 1. The third-order valence-corrected chi connectivity index (χ3v) is 5.40. The number of nitrogens with two attached hydrogens (primary N) is 2. The topological polar surface area (TPSA) is 156 Å². The molecule has 0 unspecified atom stereocenters. The Hall–Kier alpha value is -3.15. The van der Waals surface area contributed by atoms with Gasteiger partial charge in [0.05, 0.1) is 5.69 Å². The van der Waals surface area contributed by atoms with Crippen molar-refractivity contribution in [1.82, 2.24) is 20.2 Å². The molecule has 11 nitrogen and oxygen atoms in total. The highest BCUT2D eigenvalue weighted by Gasteiger charge is 2.19. The summed E-state index contributed by atoms with van der Waals surface area (Å²) in [6.45, 7) is 2.57. The number of hydrogen-bond donors (Lipinski definition) is 5. The Morgan fingerprint density at radius 3 is 2.94 bits per heavy atom. The number of amides is 1. The smallest absolute Gasteiger partial charge is 0.293 e. The summed E-state index contributed by atoms with van der Waals surface area (Å²) in [5.74, 6) is 11.8. The van der Waals surface area contributed by atoms with Crippen LogP contribution >= 0.6 is 11.6 Å². The monoisotopic (exact) mass is 475 g/mol. The van der Waals surface area contributed by atoms with E-state index in [1.165, 1.54) is 41.1 Å². The van der Waals surface area contributed by atoms with Gasteiger partial charge in [0.15, 0.2) is 5.82 Å². The maximum absolute atomic E-state index is 12.6. The molecule has 33 heavy (non-hydrogen) atoms. The van der Waals surface area contributed by atoms with Gasteiger partial charge in [0.1, 0.15) is 12.9 Å². The molecule has 12 heteroatoms. The first kappa shape index (κ1) is 24.5. The maximum atomic E-state index is 12.6. The van der Waals surface area contributed by atoms with Crippen LogP contribution in [0.4, 0.5) is 11.5 Å². The van der Waals surface area contributed by atoms with E-state index >= 15 is 0 Å². The summed E-state index contributed by atoms with van der Waals surface area (Å²) in [4.78, 5) is 29.2. The largest absolute Gasteiger partial charge is 0.365 e. The lowest BCUT2D eigenvalue weighted by Crippen LogP contribution is -2.34. The van der Waals surface area contributed by atoms with Gasteiger partial charge in [-0.05, 0) is 62.0 Å². The number of hydrazone groups is 1. The fraction of sp³-hybridized carbons (Fsp3) is 0.429. The Kier molecular flexibility index (Phi) is 9.04. The van der Waals surface area contributed by atoms with Crippen LogP contribution in [-0.4, -0.2) is 41.4 Å². The highest BCUT2D eigenvalue weighted by atomic mass is 35.5. The first-order valence-electron chi connectivity index (χ1n) is 10.8. The molecular weight excluding hydrogens is 446 g/mol. The number of aromatic nitrogens is 2. The van der Waals surface area contributed by atoms with E-state index in [9.17, 15) is 9.59 Å². The summed E-state index contributed by atoms with van der Waals surface area (Å²) in [5, 5.41) is 14.3. The SMILES string of the molecule is N/N=C\N(N)c1ccc(Cl)cc1CNC(=O)Cn1ccnc(NCCCNCC2CC2)c1=O. The minimum absolute atomic E-state index is 0.147. The van der Waals surface area contributed by atoms with E-state index in [2.05, 4.69) is 26.0 Å². The van der Waals surface area contributed by atoms with Gasteiger partial charge < -0.3 is 26.4 Å². The highest BCUT2D eigenvalue weighted by Crippen LogP contribution is 2.27. The van der Waals surface area contributed by atoms with Gasteiger partial charge in [0.2, 0.25) is 5.91 Å². The highest BCUT2D eigenvalue weighted by molar-refractivity contribution is 6.30. The first-order valence-corrected chi connectivity index (χ1v) is 11.2. The number of benzene rings is 1. The van der Waals surface area contributed by atoms with E-state index in [4.69, 9.17) is 23.3 Å². The van der Waals surface area contributed by atoms with Gasteiger partial charge in [-0.2, -0.15) is 5.10 Å². The molecule has 1 aliphatic rings. The Morgan fingerprint density at radius 2 is 2.18 bits per heavy atom. The van der Waals surface area contributed by atoms with E-state index in [1.54, 1.807) is 18.2 Å². The van der Waals surface area contributed by atoms with Crippen molar-refractivity contribution in [3.63, 3.8) is 0 Å². The van der Waals surface area contributed by atoms with Crippen LogP contribution < -0.4 is 38.2 Å². The van der Waals surface area contributed by atoms with E-state index < -0.39 is 0 Å². The lowest BCUT2D eigenvalue weighted by atomic mass is 10.1. The zero-order chi connectivity index (χ0) is 23.6. The van der Waals surface area contributed by atoms with Crippen molar-refractivity contribution in [2.75, 3.05) is 30.0 Å². The van der Waals surface area contributed by atoms with E-state index in [-0.39, 0.29) is 30.4 Å². The van der Waals surface area contributed by atoms with Crippen LogP contribution in [0.15, 0.2) is 40.5 Å². The average Bonchev–Trinajstić information content (AvgIpc) is 3.61. The molecule has 0 atom stereocenters. The van der Waals surface area contributed by atoms with Crippen LogP contribution in [0.2, 0.25) is 5.02 Å². The van der Waals surface area contributed by atoms with Gasteiger partial charge in [-0.3, -0.25) is 14.6 Å². The molecule has 0 radical (unpaired) electrons. The van der Waals surface area contributed by atoms with Gasteiger partial charge in [-0.1, -0.05) is 11.6 Å². The number of hydrogen-bond acceptors (Lipinski definition) is 8. The zero-order valence-corrected chi connectivity index (χ0v) is 19.1. The number of rotatable bonds is 13. The van der Waals surface area contributed by atoms with Gasteiger partial charge in [-0.25, -0.2) is 10.8 Å². The lowest BCUT2D eigenvalue weighted by Gasteiger charge is -2.18. The van der Waals surface area contributed by atoms with E-state index in [0.29, 0.717) is 22.8 Å². The summed E-state index contributed by atoms with van der Waals surface area (Å²) in [5.41, 5.74) is 0.889. The maximum Gasteiger partial charge on any atom is 0.293 e. The van der Waals surface area contributed by atoms with Crippen molar-refractivity contribution in [1.29, 1.82) is 0 Å². The van der Waals surface area contributed by atoms with Crippen molar-refractivity contribution in [3.05, 3.63) is 51.5 Å². The molecule has 0 spiro atoms. The fourth-order valence-electron chi connectivity index (χ4n) is 3.23. The number of nitrogens with zero attached hydrogens (tertiary/aromatic N) is 4. The summed E-state index contributed by atoms with van der Waals surface area (Å²) in [6, 6.07) is 5.04. The zero-order valence-electron chi connectivity index (χ0n) is 18.3. The summed E-state index contributed by atoms with van der Waals surface area (Å²) >= 11 is 6.07. The first-order chi connectivity index (χ1) is 16.0. The van der Waals surface area contributed by atoms with Gasteiger partial charge in [-0.15, -0.1) is 0 Å². The molecule has 3 rings (SSSR count). The molecule has 1 amide bonds. The Morgan fingerprint density at radius 1 is 1.36 bits per heavy atom. The molecule has 0 bridgehead atoms. The van der Waals surface area contributed by atoms with Crippen molar-refractivity contribution in [2.24, 2.45) is 22.7 Å². The van der Waals surface area contributed by atoms with Gasteiger partial charge in [0, 0.05) is 30.5 Å². The molecule has 0 aliphatic heterocycles. The second kappa shape index (κ2) is 12.2. The predicted molar refractivity (Wildman–Crippen MR) is 130 cm³/mol. The summed E-state index contributed by atoms with van der Waals surface area (Å²) in [7, 11) is 0. The van der Waals surface area contributed by atoms with Crippen LogP contribution in [0.25, 0.3) is 0 Å². The summed E-state index contributed by atoms with van der Waals surface area (Å²) in [6.07, 6.45) is 7.73. The average molecular weight is 476 g/mol. The van der Waals surface area contributed by atoms with Crippen molar-refractivity contribution in [2.45, 2.75) is 32.4 Å². The minimum atomic E-state index is -0.352. The Balaban J connectivity index is 1.51. The lowest BCUT2D eigenvalue weighted by molar-refractivity contribution is -0.121. The predicted octanol–water partition coefficient (Wildman–Crippen LogP) is 0.597.